The minimum Gasteiger partial charge on any atom is -0.385 e. The molecule has 114 valence electrons. The van der Waals surface area contributed by atoms with Crippen molar-refractivity contribution in [2.45, 2.75) is 48.4 Å². The number of nitrogens with one attached hydrogen (secondary N) is 2. The van der Waals surface area contributed by atoms with Gasteiger partial charge in [-0.3, -0.25) is 4.99 Å². The summed E-state index contributed by atoms with van der Waals surface area (Å²) in [4.78, 5) is 4.55. The van der Waals surface area contributed by atoms with Gasteiger partial charge in [0.2, 0.25) is 0 Å². The number of alkyl halides is 1. The highest BCUT2D eigenvalue weighted by Crippen LogP contribution is 2.46. The molecule has 2 heterocycles. The SMILES string of the molecule is NC1=NC2CCC(Cl)CC2C1(O)C1=CC=CC2NSNC12. The first kappa shape index (κ1) is 14.1. The predicted molar refractivity (Wildman–Crippen MR) is 86.0 cm³/mol. The Morgan fingerprint density at radius 2 is 2.29 bits per heavy atom. The average molecular weight is 327 g/mol. The fraction of sp³-hybridized carbons (Fsp3) is 0.643. The molecule has 4 rings (SSSR count). The highest BCUT2D eigenvalue weighted by molar-refractivity contribution is 7.95. The Hall–Kier alpha value is -0.530. The number of rotatable bonds is 1. The van der Waals surface area contributed by atoms with Gasteiger partial charge in [0, 0.05) is 23.4 Å². The molecular formula is C14H19ClN4OS. The van der Waals surface area contributed by atoms with Crippen LogP contribution in [0.1, 0.15) is 19.3 Å². The lowest BCUT2D eigenvalue weighted by atomic mass is 9.69. The van der Waals surface area contributed by atoms with E-state index in [0.29, 0.717) is 5.84 Å². The third kappa shape index (κ3) is 2.00. The van der Waals surface area contributed by atoms with Crippen molar-refractivity contribution in [3.05, 3.63) is 23.8 Å². The molecule has 0 aromatic heterocycles. The maximum absolute atomic E-state index is 11.5. The minimum atomic E-state index is -1.18. The van der Waals surface area contributed by atoms with Crippen LogP contribution in [0.5, 0.6) is 0 Å². The van der Waals surface area contributed by atoms with Crippen LogP contribution in [0.2, 0.25) is 0 Å². The normalized spacial score (nSPS) is 48.6. The summed E-state index contributed by atoms with van der Waals surface area (Å²) in [7, 11) is 0. The van der Waals surface area contributed by atoms with E-state index in [1.165, 1.54) is 12.1 Å². The van der Waals surface area contributed by atoms with Crippen LogP contribution in [0.25, 0.3) is 0 Å². The molecule has 6 atom stereocenters. The molecule has 2 aliphatic heterocycles. The van der Waals surface area contributed by atoms with Crippen LogP contribution >= 0.6 is 23.7 Å². The van der Waals surface area contributed by atoms with Gasteiger partial charge in [0.1, 0.15) is 11.4 Å². The van der Waals surface area contributed by atoms with Gasteiger partial charge in [-0.25, -0.2) is 9.44 Å². The zero-order valence-corrected chi connectivity index (χ0v) is 13.1. The molecular weight excluding hydrogens is 308 g/mol. The molecule has 21 heavy (non-hydrogen) atoms. The summed E-state index contributed by atoms with van der Waals surface area (Å²) in [5.41, 5.74) is 5.90. The molecule has 7 heteroatoms. The number of halogens is 1. The second-order valence-electron chi connectivity index (χ2n) is 6.21. The van der Waals surface area contributed by atoms with Gasteiger partial charge in [-0.15, -0.1) is 11.6 Å². The summed E-state index contributed by atoms with van der Waals surface area (Å²) in [5, 5.41) is 11.5. The van der Waals surface area contributed by atoms with E-state index in [1.54, 1.807) is 0 Å². The molecule has 2 aliphatic carbocycles. The van der Waals surface area contributed by atoms with E-state index < -0.39 is 5.60 Å². The zero-order chi connectivity index (χ0) is 14.6. The molecule has 2 fully saturated rings. The van der Waals surface area contributed by atoms with Crippen LogP contribution in [0.15, 0.2) is 28.8 Å². The first-order valence-corrected chi connectivity index (χ1v) is 8.62. The van der Waals surface area contributed by atoms with Crippen LogP contribution in [0.3, 0.4) is 0 Å². The van der Waals surface area contributed by atoms with Gasteiger partial charge >= 0.3 is 0 Å². The predicted octanol–water partition coefficient (Wildman–Crippen LogP) is 0.854. The number of nitrogens with two attached hydrogens (primary N) is 1. The van der Waals surface area contributed by atoms with Crippen molar-refractivity contribution in [1.82, 2.24) is 9.44 Å². The highest BCUT2D eigenvalue weighted by Gasteiger charge is 2.56. The Labute approximate surface area is 133 Å². The summed E-state index contributed by atoms with van der Waals surface area (Å²) in [6, 6.07) is 0.298. The third-order valence-corrected chi connectivity index (χ3v) is 6.25. The molecule has 5 N–H and O–H groups in total. The van der Waals surface area contributed by atoms with Gasteiger partial charge in [0.05, 0.1) is 18.1 Å². The summed E-state index contributed by atoms with van der Waals surface area (Å²) < 4.78 is 6.61. The van der Waals surface area contributed by atoms with Crippen LogP contribution in [-0.2, 0) is 0 Å². The van der Waals surface area contributed by atoms with Crippen molar-refractivity contribution >= 4 is 29.6 Å². The van der Waals surface area contributed by atoms with Crippen molar-refractivity contribution in [3.63, 3.8) is 0 Å². The molecule has 5 nitrogen and oxygen atoms in total. The fourth-order valence-corrected chi connectivity index (χ4v) is 5.13. The van der Waals surface area contributed by atoms with Gasteiger partial charge in [-0.05, 0) is 24.8 Å². The van der Waals surface area contributed by atoms with Crippen LogP contribution in [0.4, 0.5) is 0 Å². The van der Waals surface area contributed by atoms with Gasteiger partial charge in [0.15, 0.2) is 0 Å². The number of amidine groups is 1. The molecule has 0 spiro atoms. The minimum absolute atomic E-state index is 0.0143. The number of aliphatic hydroxyl groups is 1. The standard InChI is InChI=1S/C14H19ClN4OS/c15-7-4-5-10-9(6-7)14(20,13(16)17-10)8-2-1-3-11-12(8)19-21-18-11/h1-3,7,9-12,18-20H,4-6H2,(H2,16,17). The molecule has 1 saturated carbocycles. The number of hydrogen-bond donors (Lipinski definition) is 4. The van der Waals surface area contributed by atoms with E-state index in [0.717, 1.165) is 24.8 Å². The number of nitrogens with zero attached hydrogens (tertiary/aromatic N) is 1. The highest BCUT2D eigenvalue weighted by atomic mass is 35.5. The molecule has 4 aliphatic rings. The van der Waals surface area contributed by atoms with E-state index in [9.17, 15) is 5.11 Å². The summed E-state index contributed by atoms with van der Waals surface area (Å²) in [6.07, 6.45) is 8.65. The lowest BCUT2D eigenvalue weighted by molar-refractivity contribution is 0.0604. The summed E-state index contributed by atoms with van der Waals surface area (Å²) in [5.74, 6) is 0.335. The number of aliphatic imine (C=N–C) groups is 1. The average Bonchev–Trinajstić information content (AvgIpc) is 3.04. The molecule has 0 bridgehead atoms. The van der Waals surface area contributed by atoms with E-state index in [-0.39, 0.29) is 29.4 Å². The van der Waals surface area contributed by atoms with Crippen LogP contribution in [-0.4, -0.2) is 40.0 Å². The molecule has 1 saturated heterocycles. The van der Waals surface area contributed by atoms with Crippen molar-refractivity contribution in [3.8, 4) is 0 Å². The topological polar surface area (TPSA) is 82.7 Å². The van der Waals surface area contributed by atoms with E-state index in [4.69, 9.17) is 17.3 Å². The number of fused-ring (bicyclic) bond motifs is 2. The van der Waals surface area contributed by atoms with Gasteiger partial charge in [-0.1, -0.05) is 18.2 Å². The molecule has 6 unspecified atom stereocenters. The first-order valence-electron chi connectivity index (χ1n) is 7.36. The Kier molecular flexibility index (Phi) is 3.35. The van der Waals surface area contributed by atoms with E-state index >= 15 is 0 Å². The monoisotopic (exact) mass is 326 g/mol. The fourth-order valence-electron chi connectivity index (χ4n) is 4.00. The Bertz CT molecular complexity index is 551. The van der Waals surface area contributed by atoms with Crippen LogP contribution in [0, 0.1) is 5.92 Å². The van der Waals surface area contributed by atoms with Crippen LogP contribution < -0.4 is 15.2 Å². The maximum atomic E-state index is 11.5. The van der Waals surface area contributed by atoms with Crippen molar-refractivity contribution in [2.75, 3.05) is 0 Å². The van der Waals surface area contributed by atoms with Gasteiger partial charge in [-0.2, -0.15) is 0 Å². The lowest BCUT2D eigenvalue weighted by Crippen LogP contribution is -2.56. The largest absolute Gasteiger partial charge is 0.385 e. The Balaban J connectivity index is 1.73. The summed E-state index contributed by atoms with van der Waals surface area (Å²) in [6.45, 7) is 0. The number of hydrogen-bond acceptors (Lipinski definition) is 6. The molecule has 0 amide bonds. The Morgan fingerprint density at radius 3 is 3.14 bits per heavy atom. The smallest absolute Gasteiger partial charge is 0.149 e. The lowest BCUT2D eigenvalue weighted by Gasteiger charge is -2.41. The maximum Gasteiger partial charge on any atom is 0.149 e. The molecule has 0 aromatic rings. The second kappa shape index (κ2) is 4.99. The van der Waals surface area contributed by atoms with E-state index in [2.05, 4.69) is 20.5 Å². The molecule has 0 radical (unpaired) electrons. The van der Waals surface area contributed by atoms with Crippen molar-refractivity contribution in [1.29, 1.82) is 0 Å². The Morgan fingerprint density at radius 1 is 1.43 bits per heavy atom. The second-order valence-corrected chi connectivity index (χ2v) is 7.51. The van der Waals surface area contributed by atoms with Gasteiger partial charge < -0.3 is 10.8 Å². The van der Waals surface area contributed by atoms with Crippen molar-refractivity contribution < 1.29 is 5.11 Å². The molecule has 0 aromatic carbocycles. The van der Waals surface area contributed by atoms with Gasteiger partial charge in [0.25, 0.3) is 0 Å². The van der Waals surface area contributed by atoms with Crippen molar-refractivity contribution in [2.24, 2.45) is 16.6 Å². The zero-order valence-electron chi connectivity index (χ0n) is 11.5. The first-order chi connectivity index (χ1) is 10.1. The van der Waals surface area contributed by atoms with E-state index in [1.807, 2.05) is 12.2 Å². The summed E-state index contributed by atoms with van der Waals surface area (Å²) >= 11 is 7.80. The third-order valence-electron chi connectivity index (χ3n) is 5.09. The quantitative estimate of drug-likeness (QED) is 0.424. The number of allylic oxidation sites excluding steroid dienone is 2.